The number of anilines is 2. The molecule has 1 atom stereocenters. The molecule has 2 N–H and O–H groups in total. The summed E-state index contributed by atoms with van der Waals surface area (Å²) < 4.78 is 5.63. The van der Waals surface area contributed by atoms with Gasteiger partial charge in [0, 0.05) is 23.4 Å². The number of nitrogens with one attached hydrogen (secondary N) is 2. The van der Waals surface area contributed by atoms with Gasteiger partial charge in [0.1, 0.15) is 5.75 Å². The molecule has 116 valence electrons. The molecule has 0 bridgehead atoms. The smallest absolute Gasteiger partial charge is 0.144 e. The number of methoxy groups -OCH3 is 1. The summed E-state index contributed by atoms with van der Waals surface area (Å²) in [6.45, 7) is 13.2. The molecule has 21 heavy (non-hydrogen) atoms. The van der Waals surface area contributed by atoms with Gasteiger partial charge < -0.3 is 15.4 Å². The highest BCUT2D eigenvalue weighted by molar-refractivity contribution is 5.88. The Bertz CT molecular complexity index is 575. The van der Waals surface area contributed by atoms with Crippen molar-refractivity contribution in [1.29, 1.82) is 0 Å². The van der Waals surface area contributed by atoms with Crippen LogP contribution in [0.25, 0.3) is 5.57 Å². The highest BCUT2D eigenvalue weighted by atomic mass is 16.5. The zero-order valence-corrected chi connectivity index (χ0v) is 14.3. The van der Waals surface area contributed by atoms with Crippen LogP contribution in [0.4, 0.5) is 11.4 Å². The number of fused-ring (bicyclic) bond motifs is 1. The topological polar surface area (TPSA) is 33.3 Å². The van der Waals surface area contributed by atoms with Gasteiger partial charge in [-0.25, -0.2) is 0 Å². The molecule has 1 unspecified atom stereocenters. The van der Waals surface area contributed by atoms with Crippen molar-refractivity contribution in [3.63, 3.8) is 0 Å². The van der Waals surface area contributed by atoms with E-state index in [9.17, 15) is 0 Å². The predicted octanol–water partition coefficient (Wildman–Crippen LogP) is 4.90. The predicted molar refractivity (Wildman–Crippen MR) is 92.3 cm³/mol. The molecule has 0 aliphatic carbocycles. The lowest BCUT2D eigenvalue weighted by atomic mass is 9.80. The number of hydrogen-bond donors (Lipinski definition) is 2. The Morgan fingerprint density at radius 3 is 2.48 bits per heavy atom. The van der Waals surface area contributed by atoms with E-state index in [4.69, 9.17) is 4.74 Å². The minimum Gasteiger partial charge on any atom is -0.494 e. The maximum Gasteiger partial charge on any atom is 0.144 e. The van der Waals surface area contributed by atoms with Gasteiger partial charge in [0.25, 0.3) is 0 Å². The molecule has 0 saturated carbocycles. The maximum absolute atomic E-state index is 5.63. The van der Waals surface area contributed by atoms with Crippen molar-refractivity contribution in [1.82, 2.24) is 0 Å². The molecule has 0 radical (unpaired) electrons. The molecule has 1 aromatic carbocycles. The third-order valence-electron chi connectivity index (χ3n) is 4.68. The Labute approximate surface area is 128 Å². The maximum atomic E-state index is 5.63. The zero-order valence-electron chi connectivity index (χ0n) is 14.3. The van der Waals surface area contributed by atoms with Crippen LogP contribution < -0.4 is 15.4 Å². The fourth-order valence-corrected chi connectivity index (χ4v) is 2.96. The first kappa shape index (κ1) is 15.7. The minimum absolute atomic E-state index is 0.00262. The average molecular weight is 288 g/mol. The van der Waals surface area contributed by atoms with Gasteiger partial charge in [-0.1, -0.05) is 6.92 Å². The van der Waals surface area contributed by atoms with E-state index in [2.05, 4.69) is 64.3 Å². The molecule has 0 amide bonds. The lowest BCUT2D eigenvalue weighted by Gasteiger charge is -2.39. The van der Waals surface area contributed by atoms with Gasteiger partial charge in [-0.15, -0.1) is 0 Å². The summed E-state index contributed by atoms with van der Waals surface area (Å²) in [5.74, 6) is 0.905. The summed E-state index contributed by atoms with van der Waals surface area (Å²) in [6.07, 6.45) is 1.05. The number of allylic oxidation sites excluding steroid dienone is 1. The molecule has 3 nitrogen and oxygen atoms in total. The summed E-state index contributed by atoms with van der Waals surface area (Å²) in [5, 5.41) is 7.16. The SMILES string of the molecule is CCC1(C)Nc2c(OC)cc(NC(C)C)cc2C(C)=C1C. The normalized spacial score (nSPS) is 21.1. The van der Waals surface area contributed by atoms with Gasteiger partial charge in [-0.3, -0.25) is 0 Å². The van der Waals surface area contributed by atoms with Crippen molar-refractivity contribution >= 4 is 16.9 Å². The third kappa shape index (κ3) is 2.74. The highest BCUT2D eigenvalue weighted by Gasteiger charge is 2.33. The summed E-state index contributed by atoms with van der Waals surface area (Å²) in [5.41, 5.74) is 6.20. The van der Waals surface area contributed by atoms with Gasteiger partial charge in [0.05, 0.1) is 18.3 Å². The third-order valence-corrected chi connectivity index (χ3v) is 4.68. The Balaban J connectivity index is 2.61. The monoisotopic (exact) mass is 288 g/mol. The van der Waals surface area contributed by atoms with Crippen LogP contribution in [0.2, 0.25) is 0 Å². The molecule has 0 fully saturated rings. The molecule has 0 aromatic heterocycles. The van der Waals surface area contributed by atoms with Gasteiger partial charge in [-0.2, -0.15) is 0 Å². The molecular weight excluding hydrogens is 260 g/mol. The fraction of sp³-hybridized carbons (Fsp3) is 0.556. The van der Waals surface area contributed by atoms with Crippen molar-refractivity contribution < 1.29 is 4.74 Å². The standard InChI is InChI=1S/C18H28N2O/c1-8-18(6)13(5)12(4)15-9-14(19-11(2)3)10-16(21-7)17(15)20-18/h9-11,19-20H,8H2,1-7H3. The van der Waals surface area contributed by atoms with E-state index in [1.807, 2.05) is 0 Å². The van der Waals surface area contributed by atoms with E-state index in [-0.39, 0.29) is 5.54 Å². The molecule has 0 saturated heterocycles. The summed E-state index contributed by atoms with van der Waals surface area (Å²) >= 11 is 0. The molecule has 1 aliphatic heterocycles. The molecule has 1 heterocycles. The second kappa shape index (κ2) is 5.63. The molecule has 1 aliphatic rings. The van der Waals surface area contributed by atoms with Crippen LogP contribution in [0.3, 0.4) is 0 Å². The number of hydrogen-bond acceptors (Lipinski definition) is 3. The van der Waals surface area contributed by atoms with Gasteiger partial charge in [-0.05, 0) is 58.3 Å². The first-order chi connectivity index (χ1) is 9.82. The molecule has 3 heteroatoms. The Hall–Kier alpha value is -1.64. The van der Waals surface area contributed by atoms with Gasteiger partial charge in [0.2, 0.25) is 0 Å². The van der Waals surface area contributed by atoms with E-state index in [1.54, 1.807) is 7.11 Å². The van der Waals surface area contributed by atoms with Crippen LogP contribution in [-0.2, 0) is 0 Å². The molecule has 2 rings (SSSR count). The van der Waals surface area contributed by atoms with E-state index in [0.717, 1.165) is 23.5 Å². The largest absolute Gasteiger partial charge is 0.494 e. The fourth-order valence-electron chi connectivity index (χ4n) is 2.96. The Morgan fingerprint density at radius 2 is 1.95 bits per heavy atom. The van der Waals surface area contributed by atoms with E-state index in [1.165, 1.54) is 16.7 Å². The molecule has 1 aromatic rings. The Kier molecular flexibility index (Phi) is 4.22. The number of ether oxygens (including phenoxy) is 1. The second-order valence-corrected chi connectivity index (χ2v) is 6.46. The van der Waals surface area contributed by atoms with Crippen molar-refractivity contribution in [2.24, 2.45) is 0 Å². The Morgan fingerprint density at radius 1 is 1.29 bits per heavy atom. The van der Waals surface area contributed by atoms with Crippen LogP contribution >= 0.6 is 0 Å². The van der Waals surface area contributed by atoms with Gasteiger partial charge >= 0.3 is 0 Å². The number of benzene rings is 1. The van der Waals surface area contributed by atoms with Crippen LogP contribution in [0, 0.1) is 0 Å². The summed E-state index contributed by atoms with van der Waals surface area (Å²) in [4.78, 5) is 0. The first-order valence-corrected chi connectivity index (χ1v) is 7.77. The summed E-state index contributed by atoms with van der Waals surface area (Å²) in [6, 6.07) is 4.70. The van der Waals surface area contributed by atoms with Gasteiger partial charge in [0.15, 0.2) is 0 Å². The van der Waals surface area contributed by atoms with Crippen LogP contribution in [0.5, 0.6) is 5.75 Å². The average Bonchev–Trinajstić information content (AvgIpc) is 2.44. The quantitative estimate of drug-likeness (QED) is 0.826. The van der Waals surface area contributed by atoms with E-state index in [0.29, 0.717) is 6.04 Å². The van der Waals surface area contributed by atoms with Crippen LogP contribution in [0.1, 0.15) is 53.5 Å². The van der Waals surface area contributed by atoms with Crippen molar-refractivity contribution in [3.8, 4) is 5.75 Å². The van der Waals surface area contributed by atoms with Crippen molar-refractivity contribution in [2.75, 3.05) is 17.7 Å². The highest BCUT2D eigenvalue weighted by Crippen LogP contribution is 2.45. The van der Waals surface area contributed by atoms with Crippen LogP contribution in [0.15, 0.2) is 17.7 Å². The second-order valence-electron chi connectivity index (χ2n) is 6.46. The minimum atomic E-state index is -0.00262. The molecular formula is C18H28N2O. The van der Waals surface area contributed by atoms with Crippen LogP contribution in [-0.4, -0.2) is 18.7 Å². The lowest BCUT2D eigenvalue weighted by molar-refractivity contribution is 0.414. The van der Waals surface area contributed by atoms with E-state index < -0.39 is 0 Å². The first-order valence-electron chi connectivity index (χ1n) is 7.77. The van der Waals surface area contributed by atoms with Crippen molar-refractivity contribution in [2.45, 2.75) is 59.5 Å². The molecule has 0 spiro atoms. The number of rotatable bonds is 4. The van der Waals surface area contributed by atoms with E-state index >= 15 is 0 Å². The summed E-state index contributed by atoms with van der Waals surface area (Å²) in [7, 11) is 1.74. The lowest BCUT2D eigenvalue weighted by Crippen LogP contribution is -2.38. The van der Waals surface area contributed by atoms with Crippen molar-refractivity contribution in [3.05, 3.63) is 23.3 Å². The zero-order chi connectivity index (χ0) is 15.8.